The Morgan fingerprint density at radius 2 is 2.03 bits per heavy atom. The van der Waals surface area contributed by atoms with Crippen molar-refractivity contribution in [2.45, 2.75) is 32.3 Å². The van der Waals surface area contributed by atoms with Crippen molar-refractivity contribution in [1.29, 1.82) is 0 Å². The molecule has 2 aliphatic rings. The van der Waals surface area contributed by atoms with Crippen LogP contribution in [0.3, 0.4) is 0 Å². The number of piperidine rings is 1. The number of fused-ring (bicyclic) bond motifs is 1. The van der Waals surface area contributed by atoms with Gasteiger partial charge in [0.1, 0.15) is 29.7 Å². The summed E-state index contributed by atoms with van der Waals surface area (Å²) >= 11 is 0. The van der Waals surface area contributed by atoms with E-state index in [-0.39, 0.29) is 17.4 Å². The van der Waals surface area contributed by atoms with E-state index in [9.17, 15) is 4.79 Å². The van der Waals surface area contributed by atoms with Crippen LogP contribution in [0.1, 0.15) is 26.2 Å². The minimum atomic E-state index is -0.193. The van der Waals surface area contributed by atoms with Crippen molar-refractivity contribution in [3.8, 4) is 17.1 Å². The number of benzene rings is 1. The first-order valence-electron chi connectivity index (χ1n) is 11.1. The fourth-order valence-electron chi connectivity index (χ4n) is 4.77. The van der Waals surface area contributed by atoms with Crippen molar-refractivity contribution in [2.75, 3.05) is 38.3 Å². The van der Waals surface area contributed by atoms with Gasteiger partial charge in [0.05, 0.1) is 23.2 Å². The van der Waals surface area contributed by atoms with Crippen LogP contribution < -0.4 is 15.0 Å². The molecule has 9 nitrogen and oxygen atoms in total. The zero-order valence-corrected chi connectivity index (χ0v) is 18.4. The Morgan fingerprint density at radius 1 is 1.19 bits per heavy atom. The third kappa shape index (κ3) is 3.77. The molecule has 4 heterocycles. The average molecular weight is 437 g/mol. The van der Waals surface area contributed by atoms with Gasteiger partial charge in [0, 0.05) is 38.2 Å². The first-order chi connectivity index (χ1) is 15.6. The molecule has 2 N–H and O–H groups in total. The maximum absolute atomic E-state index is 12.3. The van der Waals surface area contributed by atoms with Crippen molar-refractivity contribution in [1.82, 2.24) is 25.5 Å². The summed E-state index contributed by atoms with van der Waals surface area (Å²) in [6, 6.07) is 7.83. The number of nitrogens with zero attached hydrogens (tertiary/aromatic N) is 4. The first-order valence-corrected chi connectivity index (χ1v) is 11.1. The standard InChI is InChI=1S/C23H28N6O3/c1-15(13-31-2)32-16-3-4-18-17(11-16)21(28-27-18)19-12-20(26-14-25-19)29-9-6-23(7-10-29)5-8-24-22(23)30/h3-4,11-12,14-15H,5-10,13H2,1-2H3,(H,24,30)(H,27,28). The SMILES string of the molecule is COCC(C)Oc1ccc2[nH]nc(-c3cc(N4CCC5(CCNC5=O)CC4)ncn3)c2c1. The predicted molar refractivity (Wildman–Crippen MR) is 121 cm³/mol. The molecule has 2 saturated heterocycles. The average Bonchev–Trinajstić information content (AvgIpc) is 3.38. The minimum absolute atomic E-state index is 0.0530. The van der Waals surface area contributed by atoms with E-state index in [1.807, 2.05) is 31.2 Å². The molecule has 0 radical (unpaired) electrons. The quantitative estimate of drug-likeness (QED) is 0.612. The summed E-state index contributed by atoms with van der Waals surface area (Å²) < 4.78 is 11.1. The number of rotatable bonds is 6. The molecule has 5 rings (SSSR count). The summed E-state index contributed by atoms with van der Waals surface area (Å²) in [6.07, 6.45) is 4.16. The third-order valence-electron chi connectivity index (χ3n) is 6.58. The molecule has 1 unspecified atom stereocenters. The monoisotopic (exact) mass is 436 g/mol. The molecule has 0 saturated carbocycles. The largest absolute Gasteiger partial charge is 0.488 e. The summed E-state index contributed by atoms with van der Waals surface area (Å²) in [7, 11) is 1.66. The normalized spacial score (nSPS) is 18.8. The van der Waals surface area contributed by atoms with Gasteiger partial charge < -0.3 is 19.7 Å². The van der Waals surface area contributed by atoms with Crippen LogP contribution in [0.4, 0.5) is 5.82 Å². The van der Waals surface area contributed by atoms with Crippen LogP contribution in [-0.2, 0) is 9.53 Å². The van der Waals surface area contributed by atoms with Gasteiger partial charge in [-0.2, -0.15) is 5.10 Å². The van der Waals surface area contributed by atoms with Crippen LogP contribution in [0, 0.1) is 5.41 Å². The molecular formula is C23H28N6O3. The van der Waals surface area contributed by atoms with Crippen LogP contribution in [0.25, 0.3) is 22.3 Å². The molecule has 2 fully saturated rings. The Balaban J connectivity index is 1.38. The second kappa shape index (κ2) is 8.38. The van der Waals surface area contributed by atoms with E-state index in [0.29, 0.717) is 6.61 Å². The summed E-state index contributed by atoms with van der Waals surface area (Å²) in [4.78, 5) is 23.5. The van der Waals surface area contributed by atoms with Gasteiger partial charge in [0.25, 0.3) is 0 Å². The predicted octanol–water partition coefficient (Wildman–Crippen LogP) is 2.54. The number of ether oxygens (including phenoxy) is 2. The number of hydrogen-bond donors (Lipinski definition) is 2. The van der Waals surface area contributed by atoms with Crippen molar-refractivity contribution >= 4 is 22.6 Å². The van der Waals surface area contributed by atoms with Gasteiger partial charge in [-0.25, -0.2) is 9.97 Å². The highest BCUT2D eigenvalue weighted by Crippen LogP contribution is 2.39. The lowest BCUT2D eigenvalue weighted by Gasteiger charge is -2.37. The smallest absolute Gasteiger partial charge is 0.226 e. The van der Waals surface area contributed by atoms with Gasteiger partial charge >= 0.3 is 0 Å². The van der Waals surface area contributed by atoms with E-state index in [4.69, 9.17) is 9.47 Å². The molecule has 1 atom stereocenters. The number of nitrogens with one attached hydrogen (secondary N) is 2. The van der Waals surface area contributed by atoms with Crippen molar-refractivity contribution < 1.29 is 14.3 Å². The Hall–Kier alpha value is -3.20. The van der Waals surface area contributed by atoms with Gasteiger partial charge in [-0.15, -0.1) is 0 Å². The molecule has 0 bridgehead atoms. The number of amides is 1. The van der Waals surface area contributed by atoms with E-state index >= 15 is 0 Å². The summed E-state index contributed by atoms with van der Waals surface area (Å²) in [5, 5.41) is 11.5. The second-order valence-corrected chi connectivity index (χ2v) is 8.70. The molecule has 168 valence electrons. The van der Waals surface area contributed by atoms with Crippen LogP contribution in [0.5, 0.6) is 5.75 Å². The fourth-order valence-corrected chi connectivity index (χ4v) is 4.77. The molecule has 2 aliphatic heterocycles. The molecule has 3 aromatic rings. The van der Waals surface area contributed by atoms with Crippen molar-refractivity contribution in [2.24, 2.45) is 5.41 Å². The Labute approximate surface area is 186 Å². The Kier molecular flexibility index (Phi) is 5.42. The van der Waals surface area contributed by atoms with Crippen LogP contribution in [-0.4, -0.2) is 65.5 Å². The number of methoxy groups -OCH3 is 1. The highest BCUT2D eigenvalue weighted by atomic mass is 16.5. The number of hydrogen-bond acceptors (Lipinski definition) is 7. The highest BCUT2D eigenvalue weighted by molar-refractivity contribution is 5.93. The zero-order chi connectivity index (χ0) is 22.1. The fraction of sp³-hybridized carbons (Fsp3) is 0.478. The van der Waals surface area contributed by atoms with Crippen LogP contribution >= 0.6 is 0 Å². The number of aromatic amines is 1. The van der Waals surface area contributed by atoms with Gasteiger partial charge in [-0.3, -0.25) is 9.89 Å². The summed E-state index contributed by atoms with van der Waals surface area (Å²) in [5.41, 5.74) is 2.24. The highest BCUT2D eigenvalue weighted by Gasteiger charge is 2.44. The maximum atomic E-state index is 12.3. The van der Waals surface area contributed by atoms with Crippen LogP contribution in [0.15, 0.2) is 30.6 Å². The second-order valence-electron chi connectivity index (χ2n) is 8.70. The molecule has 0 aliphatic carbocycles. The lowest BCUT2D eigenvalue weighted by molar-refractivity contribution is -0.128. The van der Waals surface area contributed by atoms with E-state index in [2.05, 4.69) is 30.4 Å². The van der Waals surface area contributed by atoms with Crippen molar-refractivity contribution in [3.63, 3.8) is 0 Å². The number of H-pyrrole nitrogens is 1. The van der Waals surface area contributed by atoms with E-state index in [0.717, 1.165) is 72.8 Å². The number of aromatic nitrogens is 4. The lowest BCUT2D eigenvalue weighted by Crippen LogP contribution is -2.44. The number of carbonyl (C=O) groups is 1. The minimum Gasteiger partial charge on any atom is -0.488 e. The molecule has 9 heteroatoms. The Bertz CT molecular complexity index is 1120. The van der Waals surface area contributed by atoms with Gasteiger partial charge in [-0.05, 0) is 44.4 Å². The molecular weight excluding hydrogens is 408 g/mol. The molecule has 2 aromatic heterocycles. The van der Waals surface area contributed by atoms with Gasteiger partial charge in [0.15, 0.2) is 0 Å². The number of carbonyl (C=O) groups excluding carboxylic acids is 1. The van der Waals surface area contributed by atoms with Crippen LogP contribution in [0.2, 0.25) is 0 Å². The topological polar surface area (TPSA) is 105 Å². The maximum Gasteiger partial charge on any atom is 0.226 e. The Morgan fingerprint density at radius 3 is 2.78 bits per heavy atom. The van der Waals surface area contributed by atoms with Gasteiger partial charge in [-0.1, -0.05) is 0 Å². The zero-order valence-electron chi connectivity index (χ0n) is 18.4. The summed E-state index contributed by atoms with van der Waals surface area (Å²) in [6.45, 7) is 4.89. The molecule has 1 amide bonds. The summed E-state index contributed by atoms with van der Waals surface area (Å²) in [5.74, 6) is 1.83. The first kappa shape index (κ1) is 20.7. The van der Waals surface area contributed by atoms with E-state index < -0.39 is 0 Å². The molecule has 1 spiro atoms. The molecule has 32 heavy (non-hydrogen) atoms. The number of anilines is 1. The van der Waals surface area contributed by atoms with E-state index in [1.54, 1.807) is 13.4 Å². The van der Waals surface area contributed by atoms with Crippen molar-refractivity contribution in [3.05, 3.63) is 30.6 Å². The van der Waals surface area contributed by atoms with Gasteiger partial charge in [0.2, 0.25) is 5.91 Å². The molecule has 1 aromatic carbocycles. The van der Waals surface area contributed by atoms with E-state index in [1.165, 1.54) is 0 Å². The third-order valence-corrected chi connectivity index (χ3v) is 6.58. The lowest BCUT2D eigenvalue weighted by atomic mass is 9.77.